The Labute approximate surface area is 118 Å². The number of hydrogen-bond acceptors (Lipinski definition) is 5. The molecule has 0 saturated heterocycles. The van der Waals surface area contributed by atoms with Crippen LogP contribution in [0.2, 0.25) is 0 Å². The van der Waals surface area contributed by atoms with Crippen LogP contribution in [0, 0.1) is 6.92 Å². The lowest BCUT2D eigenvalue weighted by Crippen LogP contribution is -1.95. The SMILES string of the molecule is Cc1nnc2c(Sc3ccc(C(=O)O)cc3)nccn12. The maximum absolute atomic E-state index is 10.8. The maximum atomic E-state index is 10.8. The number of carbonyl (C=O) groups is 1. The smallest absolute Gasteiger partial charge is 0.335 e. The Morgan fingerprint density at radius 3 is 2.70 bits per heavy atom. The molecule has 6 nitrogen and oxygen atoms in total. The van der Waals surface area contributed by atoms with E-state index in [0.717, 1.165) is 15.7 Å². The van der Waals surface area contributed by atoms with Gasteiger partial charge >= 0.3 is 5.97 Å². The van der Waals surface area contributed by atoms with E-state index in [4.69, 9.17) is 5.11 Å². The molecular weight excluding hydrogens is 276 g/mol. The van der Waals surface area contributed by atoms with Crippen LogP contribution in [0.5, 0.6) is 0 Å². The first-order valence-corrected chi connectivity index (χ1v) is 6.64. The van der Waals surface area contributed by atoms with Crippen LogP contribution in [0.4, 0.5) is 0 Å². The summed E-state index contributed by atoms with van der Waals surface area (Å²) in [6.45, 7) is 1.87. The van der Waals surface area contributed by atoms with Gasteiger partial charge in [0.15, 0.2) is 5.65 Å². The lowest BCUT2D eigenvalue weighted by atomic mass is 10.2. The fraction of sp³-hybridized carbons (Fsp3) is 0.0769. The monoisotopic (exact) mass is 286 g/mol. The number of carboxylic acids is 1. The molecule has 100 valence electrons. The van der Waals surface area contributed by atoms with E-state index in [0.29, 0.717) is 5.65 Å². The van der Waals surface area contributed by atoms with Crippen molar-refractivity contribution in [3.8, 4) is 0 Å². The summed E-state index contributed by atoms with van der Waals surface area (Å²) in [5.41, 5.74) is 0.955. The second kappa shape index (κ2) is 4.93. The van der Waals surface area contributed by atoms with Crippen molar-refractivity contribution in [1.82, 2.24) is 19.6 Å². The first-order valence-electron chi connectivity index (χ1n) is 5.83. The summed E-state index contributed by atoms with van der Waals surface area (Å²) in [6, 6.07) is 6.64. The quantitative estimate of drug-likeness (QED) is 0.795. The minimum Gasteiger partial charge on any atom is -0.478 e. The Kier molecular flexibility index (Phi) is 3.11. The second-order valence-electron chi connectivity index (χ2n) is 4.10. The van der Waals surface area contributed by atoms with Crippen molar-refractivity contribution >= 4 is 23.4 Å². The predicted molar refractivity (Wildman–Crippen MR) is 73.0 cm³/mol. The number of rotatable bonds is 3. The molecule has 0 atom stereocenters. The third-order valence-corrected chi connectivity index (χ3v) is 3.77. The van der Waals surface area contributed by atoms with Crippen LogP contribution >= 0.6 is 11.8 Å². The molecule has 2 aromatic heterocycles. The van der Waals surface area contributed by atoms with E-state index < -0.39 is 5.97 Å². The molecule has 0 aliphatic carbocycles. The minimum absolute atomic E-state index is 0.263. The van der Waals surface area contributed by atoms with E-state index >= 15 is 0 Å². The zero-order valence-electron chi connectivity index (χ0n) is 10.5. The van der Waals surface area contributed by atoms with E-state index in [1.807, 2.05) is 17.5 Å². The van der Waals surface area contributed by atoms with Crippen molar-refractivity contribution in [2.45, 2.75) is 16.8 Å². The summed E-state index contributed by atoms with van der Waals surface area (Å²) in [5, 5.41) is 17.7. The van der Waals surface area contributed by atoms with Crippen molar-refractivity contribution in [3.63, 3.8) is 0 Å². The predicted octanol–water partition coefficient (Wildman–Crippen LogP) is 2.28. The van der Waals surface area contributed by atoms with Crippen molar-refractivity contribution in [2.75, 3.05) is 0 Å². The van der Waals surface area contributed by atoms with Crippen molar-refractivity contribution in [2.24, 2.45) is 0 Å². The lowest BCUT2D eigenvalue weighted by molar-refractivity contribution is 0.0697. The van der Waals surface area contributed by atoms with E-state index in [1.54, 1.807) is 30.5 Å². The highest BCUT2D eigenvalue weighted by atomic mass is 32.2. The molecule has 0 aliphatic heterocycles. The fourth-order valence-corrected chi connectivity index (χ4v) is 2.61. The molecule has 2 heterocycles. The largest absolute Gasteiger partial charge is 0.478 e. The molecular formula is C13H10N4O2S. The Morgan fingerprint density at radius 2 is 2.00 bits per heavy atom. The normalized spacial score (nSPS) is 10.8. The number of hydrogen-bond donors (Lipinski definition) is 1. The van der Waals surface area contributed by atoms with Crippen LogP contribution in [-0.4, -0.2) is 30.7 Å². The zero-order chi connectivity index (χ0) is 14.1. The van der Waals surface area contributed by atoms with Gasteiger partial charge in [-0.2, -0.15) is 0 Å². The molecule has 1 N–H and O–H groups in total. The first-order chi connectivity index (χ1) is 9.65. The molecule has 0 spiro atoms. The molecule has 0 unspecified atom stereocenters. The summed E-state index contributed by atoms with van der Waals surface area (Å²) in [6.07, 6.45) is 3.50. The maximum Gasteiger partial charge on any atom is 0.335 e. The van der Waals surface area contributed by atoms with Crippen molar-refractivity contribution in [1.29, 1.82) is 0 Å². The molecule has 20 heavy (non-hydrogen) atoms. The average Bonchev–Trinajstić information content (AvgIpc) is 2.82. The van der Waals surface area contributed by atoms with Gasteiger partial charge in [-0.3, -0.25) is 4.40 Å². The van der Waals surface area contributed by atoms with E-state index in [-0.39, 0.29) is 5.56 Å². The molecule has 3 aromatic rings. The number of aromatic nitrogens is 4. The summed E-state index contributed by atoms with van der Waals surface area (Å²) in [5.74, 6) is -0.139. The van der Waals surface area contributed by atoms with Crippen LogP contribution in [-0.2, 0) is 0 Å². The van der Waals surface area contributed by atoms with Gasteiger partial charge in [0.1, 0.15) is 10.9 Å². The van der Waals surface area contributed by atoms with Crippen LogP contribution in [0.3, 0.4) is 0 Å². The molecule has 0 bridgehead atoms. The third-order valence-electron chi connectivity index (χ3n) is 2.78. The summed E-state index contributed by atoms with van der Waals surface area (Å²) < 4.78 is 1.86. The van der Waals surface area contributed by atoms with Gasteiger partial charge in [-0.15, -0.1) is 10.2 Å². The minimum atomic E-state index is -0.935. The van der Waals surface area contributed by atoms with Gasteiger partial charge in [0.05, 0.1) is 5.56 Å². The van der Waals surface area contributed by atoms with Crippen LogP contribution in [0.15, 0.2) is 46.6 Å². The van der Waals surface area contributed by atoms with Gasteiger partial charge in [0.25, 0.3) is 0 Å². The van der Waals surface area contributed by atoms with Gasteiger partial charge < -0.3 is 5.11 Å². The number of carboxylic acid groups (broad SMARTS) is 1. The van der Waals surface area contributed by atoms with Gasteiger partial charge in [-0.1, -0.05) is 11.8 Å². The molecule has 0 saturated carbocycles. The van der Waals surface area contributed by atoms with Crippen molar-refractivity contribution < 1.29 is 9.90 Å². The summed E-state index contributed by atoms with van der Waals surface area (Å²) in [7, 11) is 0. The van der Waals surface area contributed by atoms with Gasteiger partial charge in [-0.25, -0.2) is 9.78 Å². The lowest BCUT2D eigenvalue weighted by Gasteiger charge is -2.03. The average molecular weight is 286 g/mol. The van der Waals surface area contributed by atoms with Crippen LogP contribution in [0.1, 0.15) is 16.2 Å². The highest BCUT2D eigenvalue weighted by Gasteiger charge is 2.10. The number of benzene rings is 1. The fourth-order valence-electron chi connectivity index (χ4n) is 1.77. The number of fused-ring (bicyclic) bond motifs is 1. The van der Waals surface area contributed by atoms with Crippen molar-refractivity contribution in [3.05, 3.63) is 48.0 Å². The van der Waals surface area contributed by atoms with Gasteiger partial charge in [0.2, 0.25) is 0 Å². The molecule has 3 rings (SSSR count). The molecule has 7 heteroatoms. The van der Waals surface area contributed by atoms with E-state index in [2.05, 4.69) is 15.2 Å². The first kappa shape index (κ1) is 12.6. The van der Waals surface area contributed by atoms with E-state index in [9.17, 15) is 4.79 Å². The van der Waals surface area contributed by atoms with Gasteiger partial charge in [-0.05, 0) is 31.2 Å². The highest BCUT2D eigenvalue weighted by Crippen LogP contribution is 2.28. The number of aryl methyl sites for hydroxylation is 1. The third kappa shape index (κ3) is 2.23. The summed E-state index contributed by atoms with van der Waals surface area (Å²) in [4.78, 5) is 16.0. The molecule has 0 radical (unpaired) electrons. The van der Waals surface area contributed by atoms with Crippen LogP contribution < -0.4 is 0 Å². The van der Waals surface area contributed by atoms with E-state index in [1.165, 1.54) is 11.8 Å². The van der Waals surface area contributed by atoms with Gasteiger partial charge in [0, 0.05) is 17.3 Å². The Hall–Kier alpha value is -2.41. The number of nitrogens with zero attached hydrogens (tertiary/aromatic N) is 4. The second-order valence-corrected chi connectivity index (χ2v) is 5.17. The highest BCUT2D eigenvalue weighted by molar-refractivity contribution is 7.99. The molecule has 0 fully saturated rings. The topological polar surface area (TPSA) is 80.4 Å². The standard InChI is InChI=1S/C13H10N4O2S/c1-8-15-16-11-12(14-6-7-17(8)11)20-10-4-2-9(3-5-10)13(18)19/h2-7H,1H3,(H,18,19). The summed E-state index contributed by atoms with van der Waals surface area (Å²) >= 11 is 1.42. The molecule has 1 aromatic carbocycles. The Morgan fingerprint density at radius 1 is 1.25 bits per heavy atom. The zero-order valence-corrected chi connectivity index (χ0v) is 11.3. The number of aromatic carboxylic acids is 1. The molecule has 0 amide bonds. The molecule has 0 aliphatic rings. The Balaban J connectivity index is 1.95. The van der Waals surface area contributed by atoms with Crippen LogP contribution in [0.25, 0.3) is 5.65 Å². The Bertz CT molecular complexity index is 783.